The first-order chi connectivity index (χ1) is 12.0. The van der Waals surface area contributed by atoms with Gasteiger partial charge in [-0.2, -0.15) is 5.10 Å². The second kappa shape index (κ2) is 6.86. The molecule has 0 radical (unpaired) electrons. The van der Waals surface area contributed by atoms with Gasteiger partial charge in [0, 0.05) is 11.1 Å². The molecular weight excluding hydrogens is 316 g/mol. The maximum atomic E-state index is 12.3. The van der Waals surface area contributed by atoms with Crippen LogP contribution in [0.1, 0.15) is 28.7 Å². The van der Waals surface area contributed by atoms with Gasteiger partial charge in [-0.05, 0) is 31.5 Å². The van der Waals surface area contributed by atoms with Crippen molar-refractivity contribution in [3.05, 3.63) is 71.5 Å². The van der Waals surface area contributed by atoms with Gasteiger partial charge in [-0.1, -0.05) is 42.5 Å². The smallest absolute Gasteiger partial charge is 0.251 e. The molecule has 1 atom stereocenters. The number of amides is 1. The molecule has 0 aliphatic carbocycles. The molecule has 0 spiro atoms. The Hall–Kier alpha value is -2.99. The van der Waals surface area contributed by atoms with Gasteiger partial charge in [0.15, 0.2) is 5.82 Å². The third kappa shape index (κ3) is 3.92. The van der Waals surface area contributed by atoms with Crippen LogP contribution in [0.5, 0.6) is 0 Å². The molecule has 0 bridgehead atoms. The number of carbonyl (C=O) groups is 1. The van der Waals surface area contributed by atoms with Gasteiger partial charge in [-0.15, -0.1) is 0 Å². The Bertz CT molecular complexity index is 855. The normalized spacial score (nSPS) is 13.2. The molecule has 1 heterocycles. The molecule has 128 valence electrons. The van der Waals surface area contributed by atoms with Crippen molar-refractivity contribution in [3.8, 4) is 11.4 Å². The predicted molar refractivity (Wildman–Crippen MR) is 94.9 cm³/mol. The Kier molecular flexibility index (Phi) is 4.63. The summed E-state index contributed by atoms with van der Waals surface area (Å²) in [5, 5.41) is 20.2. The third-order valence-corrected chi connectivity index (χ3v) is 3.99. The third-order valence-electron chi connectivity index (χ3n) is 3.99. The number of benzene rings is 2. The standard InChI is InChI=1S/C19H20N4O2/c1-13-21-17(23-22-13)14-8-10-15(11-9-14)18(24)20-12-19(2,25)16-6-4-3-5-7-16/h3-11,25H,12H2,1-2H3,(H,20,24)(H,21,22,23). The number of H-pyrrole nitrogens is 1. The van der Waals surface area contributed by atoms with Crippen LogP contribution < -0.4 is 5.32 Å². The molecule has 0 aliphatic rings. The topological polar surface area (TPSA) is 90.9 Å². The maximum absolute atomic E-state index is 12.3. The Morgan fingerprint density at radius 2 is 1.84 bits per heavy atom. The van der Waals surface area contributed by atoms with Gasteiger partial charge in [0.05, 0.1) is 6.54 Å². The lowest BCUT2D eigenvalue weighted by molar-refractivity contribution is 0.0526. The van der Waals surface area contributed by atoms with Crippen LogP contribution in [0.2, 0.25) is 0 Å². The second-order valence-corrected chi connectivity index (χ2v) is 6.14. The van der Waals surface area contributed by atoms with Crippen molar-refractivity contribution in [3.63, 3.8) is 0 Å². The van der Waals surface area contributed by atoms with E-state index in [1.807, 2.05) is 37.3 Å². The first kappa shape index (κ1) is 16.9. The van der Waals surface area contributed by atoms with Crippen LogP contribution in [-0.2, 0) is 5.60 Å². The van der Waals surface area contributed by atoms with Crippen molar-refractivity contribution in [2.75, 3.05) is 6.54 Å². The van der Waals surface area contributed by atoms with Gasteiger partial charge < -0.3 is 10.4 Å². The van der Waals surface area contributed by atoms with Crippen molar-refractivity contribution < 1.29 is 9.90 Å². The summed E-state index contributed by atoms with van der Waals surface area (Å²) in [5.41, 5.74) is 0.968. The molecule has 0 saturated carbocycles. The fraction of sp³-hybridized carbons (Fsp3) is 0.211. The highest BCUT2D eigenvalue weighted by Crippen LogP contribution is 2.19. The molecule has 3 aromatic rings. The molecule has 1 unspecified atom stereocenters. The van der Waals surface area contributed by atoms with Crippen molar-refractivity contribution in [2.24, 2.45) is 0 Å². The van der Waals surface area contributed by atoms with Crippen molar-refractivity contribution in [1.29, 1.82) is 0 Å². The van der Waals surface area contributed by atoms with E-state index in [9.17, 15) is 9.90 Å². The Morgan fingerprint density at radius 3 is 2.44 bits per heavy atom. The van der Waals surface area contributed by atoms with E-state index in [2.05, 4.69) is 20.5 Å². The molecule has 3 N–H and O–H groups in total. The van der Waals surface area contributed by atoms with E-state index in [1.165, 1.54) is 0 Å². The van der Waals surface area contributed by atoms with Crippen LogP contribution >= 0.6 is 0 Å². The first-order valence-corrected chi connectivity index (χ1v) is 8.01. The zero-order chi connectivity index (χ0) is 17.9. The molecule has 2 aromatic carbocycles. The lowest BCUT2D eigenvalue weighted by Gasteiger charge is -2.24. The summed E-state index contributed by atoms with van der Waals surface area (Å²) in [4.78, 5) is 16.6. The van der Waals surface area contributed by atoms with Gasteiger partial charge in [0.2, 0.25) is 0 Å². The zero-order valence-electron chi connectivity index (χ0n) is 14.2. The molecule has 6 heteroatoms. The number of hydrogen-bond donors (Lipinski definition) is 3. The van der Waals surface area contributed by atoms with Gasteiger partial charge in [0.1, 0.15) is 11.4 Å². The van der Waals surface area contributed by atoms with E-state index in [1.54, 1.807) is 31.2 Å². The molecule has 0 saturated heterocycles. The van der Waals surface area contributed by atoms with E-state index in [4.69, 9.17) is 0 Å². The first-order valence-electron chi connectivity index (χ1n) is 8.01. The van der Waals surface area contributed by atoms with E-state index in [-0.39, 0.29) is 12.5 Å². The van der Waals surface area contributed by atoms with E-state index in [0.717, 1.165) is 17.0 Å². The fourth-order valence-electron chi connectivity index (χ4n) is 2.50. The SMILES string of the molecule is Cc1nc(-c2ccc(C(=O)NCC(C)(O)c3ccccc3)cc2)n[nH]1. The number of aromatic nitrogens is 3. The van der Waals surface area contributed by atoms with Crippen LogP contribution in [0.25, 0.3) is 11.4 Å². The highest BCUT2D eigenvalue weighted by molar-refractivity contribution is 5.94. The van der Waals surface area contributed by atoms with Crippen LogP contribution in [0, 0.1) is 6.92 Å². The minimum atomic E-state index is -1.13. The molecule has 1 amide bonds. The largest absolute Gasteiger partial charge is 0.384 e. The number of hydrogen-bond acceptors (Lipinski definition) is 4. The molecule has 0 aliphatic heterocycles. The number of aliphatic hydroxyl groups is 1. The number of rotatable bonds is 5. The lowest BCUT2D eigenvalue weighted by atomic mass is 9.96. The van der Waals surface area contributed by atoms with Crippen LogP contribution in [0.3, 0.4) is 0 Å². The number of aryl methyl sites for hydroxylation is 1. The highest BCUT2D eigenvalue weighted by atomic mass is 16.3. The average Bonchev–Trinajstić information content (AvgIpc) is 3.07. The summed E-state index contributed by atoms with van der Waals surface area (Å²) < 4.78 is 0. The van der Waals surface area contributed by atoms with E-state index < -0.39 is 5.60 Å². The fourth-order valence-corrected chi connectivity index (χ4v) is 2.50. The summed E-state index contributed by atoms with van der Waals surface area (Å²) in [6.07, 6.45) is 0. The monoisotopic (exact) mass is 336 g/mol. The second-order valence-electron chi connectivity index (χ2n) is 6.14. The van der Waals surface area contributed by atoms with Crippen molar-refractivity contribution in [1.82, 2.24) is 20.5 Å². The van der Waals surface area contributed by atoms with E-state index in [0.29, 0.717) is 11.4 Å². The van der Waals surface area contributed by atoms with Crippen molar-refractivity contribution >= 4 is 5.91 Å². The number of aromatic amines is 1. The molecule has 3 rings (SSSR count). The Balaban J connectivity index is 1.65. The Labute approximate surface area is 145 Å². The summed E-state index contributed by atoms with van der Waals surface area (Å²) >= 11 is 0. The number of nitrogens with one attached hydrogen (secondary N) is 2. The molecule has 25 heavy (non-hydrogen) atoms. The summed E-state index contributed by atoms with van der Waals surface area (Å²) in [5.74, 6) is 1.09. The maximum Gasteiger partial charge on any atom is 0.251 e. The molecule has 6 nitrogen and oxygen atoms in total. The number of carbonyl (C=O) groups excluding carboxylic acids is 1. The predicted octanol–water partition coefficient (Wildman–Crippen LogP) is 2.42. The number of nitrogens with zero attached hydrogens (tertiary/aromatic N) is 2. The lowest BCUT2D eigenvalue weighted by Crippen LogP contribution is -2.38. The summed E-state index contributed by atoms with van der Waals surface area (Å²) in [7, 11) is 0. The van der Waals surface area contributed by atoms with Crippen LogP contribution in [0.4, 0.5) is 0 Å². The molecule has 0 fully saturated rings. The molecular formula is C19H20N4O2. The van der Waals surface area contributed by atoms with Gasteiger partial charge in [-0.25, -0.2) is 4.98 Å². The van der Waals surface area contributed by atoms with Gasteiger partial charge >= 0.3 is 0 Å². The minimum absolute atomic E-state index is 0.123. The highest BCUT2D eigenvalue weighted by Gasteiger charge is 2.23. The van der Waals surface area contributed by atoms with Crippen LogP contribution in [0.15, 0.2) is 54.6 Å². The van der Waals surface area contributed by atoms with Gasteiger partial charge in [-0.3, -0.25) is 9.89 Å². The molecule has 1 aromatic heterocycles. The van der Waals surface area contributed by atoms with Crippen molar-refractivity contribution in [2.45, 2.75) is 19.4 Å². The summed E-state index contributed by atoms with van der Waals surface area (Å²) in [6, 6.07) is 16.3. The van der Waals surface area contributed by atoms with Gasteiger partial charge in [0.25, 0.3) is 5.91 Å². The average molecular weight is 336 g/mol. The Morgan fingerprint density at radius 1 is 1.16 bits per heavy atom. The zero-order valence-corrected chi connectivity index (χ0v) is 14.2. The minimum Gasteiger partial charge on any atom is -0.384 e. The van der Waals surface area contributed by atoms with Crippen LogP contribution in [-0.4, -0.2) is 32.7 Å². The quantitative estimate of drug-likeness (QED) is 0.667. The van der Waals surface area contributed by atoms with E-state index >= 15 is 0 Å². The summed E-state index contributed by atoms with van der Waals surface area (Å²) in [6.45, 7) is 3.63.